The Morgan fingerprint density at radius 2 is 0.885 bits per heavy atom. The molecule has 0 spiro atoms. The van der Waals surface area contributed by atoms with Gasteiger partial charge in [-0.3, -0.25) is 9.59 Å². The topological polar surface area (TPSA) is 74.6 Å². The number of hydrogen-bond acceptors (Lipinski definition) is 2. The summed E-state index contributed by atoms with van der Waals surface area (Å²) in [7, 11) is 0. The van der Waals surface area contributed by atoms with Gasteiger partial charge in [-0.1, -0.05) is 103 Å². The van der Waals surface area contributed by atoms with E-state index in [9.17, 15) is 9.59 Å². The first-order valence-electron chi connectivity index (χ1n) is 11.0. The van der Waals surface area contributed by atoms with Gasteiger partial charge in [0.05, 0.1) is 5.92 Å². The summed E-state index contributed by atoms with van der Waals surface area (Å²) in [5.41, 5.74) is 0. The van der Waals surface area contributed by atoms with Crippen LogP contribution < -0.4 is 0 Å². The molecule has 0 amide bonds. The van der Waals surface area contributed by atoms with Crippen LogP contribution >= 0.6 is 0 Å². The average molecular weight is 371 g/mol. The second kappa shape index (κ2) is 18.7. The zero-order valence-electron chi connectivity index (χ0n) is 17.0. The van der Waals surface area contributed by atoms with E-state index in [-0.39, 0.29) is 5.92 Å². The molecular formula is C22H42O4. The van der Waals surface area contributed by atoms with Gasteiger partial charge >= 0.3 is 11.9 Å². The van der Waals surface area contributed by atoms with Crippen LogP contribution in [0.25, 0.3) is 0 Å². The van der Waals surface area contributed by atoms with Crippen LogP contribution in [0, 0.1) is 5.92 Å². The van der Waals surface area contributed by atoms with Gasteiger partial charge in [0, 0.05) is 6.42 Å². The van der Waals surface area contributed by atoms with Crippen molar-refractivity contribution in [2.75, 3.05) is 0 Å². The minimum Gasteiger partial charge on any atom is -0.481 e. The zero-order chi connectivity index (χ0) is 19.5. The summed E-state index contributed by atoms with van der Waals surface area (Å²) in [6.07, 6.45) is 20.9. The summed E-state index contributed by atoms with van der Waals surface area (Å²) in [4.78, 5) is 21.1. The van der Waals surface area contributed by atoms with Crippen molar-refractivity contribution in [2.24, 2.45) is 5.92 Å². The Morgan fingerprint density at radius 1 is 0.577 bits per heavy atom. The van der Waals surface area contributed by atoms with Gasteiger partial charge in [-0.25, -0.2) is 0 Å². The summed E-state index contributed by atoms with van der Waals surface area (Å²) in [5, 5.41) is 17.4. The fraction of sp³-hybridized carbons (Fsp3) is 0.909. The monoisotopic (exact) mass is 370 g/mol. The van der Waals surface area contributed by atoms with Crippen molar-refractivity contribution in [3.05, 3.63) is 0 Å². The maximum absolute atomic E-state index is 10.7. The Morgan fingerprint density at radius 3 is 1.19 bits per heavy atom. The number of carboxylic acids is 2. The molecule has 0 aromatic carbocycles. The molecule has 1 unspecified atom stereocenters. The molecule has 4 heteroatoms. The van der Waals surface area contributed by atoms with Crippen LogP contribution in [-0.4, -0.2) is 22.2 Å². The molecule has 0 aromatic rings. The maximum atomic E-state index is 10.7. The van der Waals surface area contributed by atoms with Crippen LogP contribution in [0.5, 0.6) is 0 Å². The number of aliphatic carboxylic acids is 2. The third-order valence-electron chi connectivity index (χ3n) is 5.20. The summed E-state index contributed by atoms with van der Waals surface area (Å²) in [6.45, 7) is 1.80. The van der Waals surface area contributed by atoms with Crippen LogP contribution in [0.4, 0.5) is 0 Å². The molecule has 26 heavy (non-hydrogen) atoms. The first kappa shape index (κ1) is 24.9. The van der Waals surface area contributed by atoms with Crippen molar-refractivity contribution in [3.8, 4) is 0 Å². The number of hydrogen-bond donors (Lipinski definition) is 2. The van der Waals surface area contributed by atoms with Crippen molar-refractivity contribution in [2.45, 2.75) is 122 Å². The van der Waals surface area contributed by atoms with Gasteiger partial charge in [0.15, 0.2) is 0 Å². The number of carboxylic acid groups (broad SMARTS) is 2. The van der Waals surface area contributed by atoms with Crippen molar-refractivity contribution < 1.29 is 19.8 Å². The van der Waals surface area contributed by atoms with Crippen molar-refractivity contribution in [1.82, 2.24) is 0 Å². The lowest BCUT2D eigenvalue weighted by molar-refractivity contribution is -0.141. The van der Waals surface area contributed by atoms with Crippen molar-refractivity contribution >= 4 is 11.9 Å². The molecule has 0 aromatic heterocycles. The van der Waals surface area contributed by atoms with E-state index in [4.69, 9.17) is 10.2 Å². The highest BCUT2D eigenvalue weighted by atomic mass is 16.4. The number of rotatable bonds is 20. The smallest absolute Gasteiger partial charge is 0.306 e. The minimum atomic E-state index is -0.671. The molecule has 0 aliphatic carbocycles. The van der Waals surface area contributed by atoms with Crippen molar-refractivity contribution in [3.63, 3.8) is 0 Å². The quantitative estimate of drug-likeness (QED) is 0.231. The van der Waals surface area contributed by atoms with Crippen LogP contribution in [0.2, 0.25) is 0 Å². The molecule has 4 nitrogen and oxygen atoms in total. The summed E-state index contributed by atoms with van der Waals surface area (Å²) in [5.74, 6) is -1.52. The molecule has 0 heterocycles. The minimum absolute atomic E-state index is 0.188. The van der Waals surface area contributed by atoms with Gasteiger partial charge in [-0.05, 0) is 12.8 Å². The molecule has 0 rings (SSSR count). The predicted octanol–water partition coefficient (Wildman–Crippen LogP) is 6.81. The van der Waals surface area contributed by atoms with E-state index < -0.39 is 11.9 Å². The van der Waals surface area contributed by atoms with Gasteiger partial charge < -0.3 is 10.2 Å². The highest BCUT2D eigenvalue weighted by Gasteiger charge is 2.09. The average Bonchev–Trinajstić information content (AvgIpc) is 2.60. The summed E-state index contributed by atoms with van der Waals surface area (Å²) >= 11 is 0. The lowest BCUT2D eigenvalue weighted by atomic mass is 10.0. The van der Waals surface area contributed by atoms with Crippen LogP contribution in [0.3, 0.4) is 0 Å². The van der Waals surface area contributed by atoms with E-state index in [0.29, 0.717) is 6.42 Å². The third kappa shape index (κ3) is 19.3. The van der Waals surface area contributed by atoms with Gasteiger partial charge in [-0.15, -0.1) is 0 Å². The normalized spacial score (nSPS) is 12.2. The largest absolute Gasteiger partial charge is 0.481 e. The fourth-order valence-electron chi connectivity index (χ4n) is 3.33. The maximum Gasteiger partial charge on any atom is 0.306 e. The van der Waals surface area contributed by atoms with E-state index in [1.165, 1.54) is 83.5 Å². The van der Waals surface area contributed by atoms with E-state index >= 15 is 0 Å². The Balaban J connectivity index is 3.07. The van der Waals surface area contributed by atoms with E-state index in [1.54, 1.807) is 6.92 Å². The highest BCUT2D eigenvalue weighted by Crippen LogP contribution is 2.15. The van der Waals surface area contributed by atoms with Gasteiger partial charge in [0.25, 0.3) is 0 Å². The molecule has 0 aliphatic rings. The fourth-order valence-corrected chi connectivity index (χ4v) is 3.33. The molecule has 2 N–H and O–H groups in total. The van der Waals surface area contributed by atoms with Crippen LogP contribution in [-0.2, 0) is 9.59 Å². The van der Waals surface area contributed by atoms with E-state index in [0.717, 1.165) is 25.7 Å². The van der Waals surface area contributed by atoms with E-state index in [1.807, 2.05) is 0 Å². The third-order valence-corrected chi connectivity index (χ3v) is 5.20. The van der Waals surface area contributed by atoms with E-state index in [2.05, 4.69) is 0 Å². The molecule has 154 valence electrons. The molecule has 0 radical (unpaired) electrons. The highest BCUT2D eigenvalue weighted by molar-refractivity contribution is 5.69. The Labute approximate surface area is 160 Å². The van der Waals surface area contributed by atoms with Gasteiger partial charge in [-0.2, -0.15) is 0 Å². The molecule has 0 saturated carbocycles. The standard InChI is InChI=1S/C22H42O4/c1-20(22(25)26)18-16-14-12-10-8-6-4-2-3-5-7-9-11-13-15-17-19-21(23)24/h20H,2-19H2,1H3,(H,23,24)(H,25,26). The Hall–Kier alpha value is -1.06. The molecule has 1 atom stereocenters. The Kier molecular flexibility index (Phi) is 18.0. The SMILES string of the molecule is CC(CCCCCCCCCCCCCCCCCCC(=O)O)C(=O)O. The van der Waals surface area contributed by atoms with Gasteiger partial charge in [0.1, 0.15) is 0 Å². The summed E-state index contributed by atoms with van der Waals surface area (Å²) in [6, 6.07) is 0. The molecular weight excluding hydrogens is 328 g/mol. The predicted molar refractivity (Wildman–Crippen MR) is 108 cm³/mol. The zero-order valence-corrected chi connectivity index (χ0v) is 17.0. The number of carbonyl (C=O) groups is 2. The number of unbranched alkanes of at least 4 members (excludes halogenated alkanes) is 15. The van der Waals surface area contributed by atoms with Gasteiger partial charge in [0.2, 0.25) is 0 Å². The summed E-state index contributed by atoms with van der Waals surface area (Å²) < 4.78 is 0. The first-order valence-corrected chi connectivity index (χ1v) is 11.0. The second-order valence-corrected chi connectivity index (χ2v) is 7.83. The Bertz CT molecular complexity index is 341. The van der Waals surface area contributed by atoms with Crippen LogP contribution in [0.15, 0.2) is 0 Å². The first-order chi connectivity index (χ1) is 12.5. The lowest BCUT2D eigenvalue weighted by Crippen LogP contribution is -2.08. The second-order valence-electron chi connectivity index (χ2n) is 7.83. The lowest BCUT2D eigenvalue weighted by Gasteiger charge is -2.06. The van der Waals surface area contributed by atoms with Crippen LogP contribution in [0.1, 0.15) is 122 Å². The molecule has 0 saturated heterocycles. The molecule has 0 fully saturated rings. The molecule has 0 aliphatic heterocycles. The van der Waals surface area contributed by atoms with Crippen molar-refractivity contribution in [1.29, 1.82) is 0 Å². The molecule has 0 bridgehead atoms.